The molecule has 1 amide bonds. The third-order valence-electron chi connectivity index (χ3n) is 4.05. The molecule has 0 spiro atoms. The van der Waals surface area contributed by atoms with Gasteiger partial charge in [-0.25, -0.2) is 4.98 Å². The summed E-state index contributed by atoms with van der Waals surface area (Å²) in [7, 11) is 0. The lowest BCUT2D eigenvalue weighted by Crippen LogP contribution is -2.46. The van der Waals surface area contributed by atoms with Gasteiger partial charge in [0.15, 0.2) is 6.39 Å². The summed E-state index contributed by atoms with van der Waals surface area (Å²) in [5, 5.41) is 2.93. The molecule has 23 heavy (non-hydrogen) atoms. The van der Waals surface area contributed by atoms with E-state index < -0.39 is 0 Å². The number of carbonyl (C=O) groups is 1. The van der Waals surface area contributed by atoms with Gasteiger partial charge in [0.2, 0.25) is 5.91 Å². The molecule has 0 atom stereocenters. The molecule has 0 aliphatic carbocycles. The monoisotopic (exact) mass is 314 g/mol. The number of rotatable bonds is 6. The molecule has 122 valence electrons. The van der Waals surface area contributed by atoms with Crippen molar-refractivity contribution in [2.45, 2.75) is 13.0 Å². The Kier molecular flexibility index (Phi) is 5.39. The number of aromatic nitrogens is 1. The standard InChI is InChI=1S/C17H22N4O2/c22-17(19-15-4-2-1-3-5-15)6-7-20-8-10-21(11-9-20)12-16-13-23-14-18-16/h1-5,13-14H,6-12H2,(H,19,22). The largest absolute Gasteiger partial charge is 0.451 e. The molecular formula is C17H22N4O2. The Morgan fingerprint density at radius 1 is 1.13 bits per heavy atom. The highest BCUT2D eigenvalue weighted by molar-refractivity contribution is 5.90. The van der Waals surface area contributed by atoms with Gasteiger partial charge >= 0.3 is 0 Å². The van der Waals surface area contributed by atoms with E-state index in [1.165, 1.54) is 6.39 Å². The van der Waals surface area contributed by atoms with Gasteiger partial charge in [-0.1, -0.05) is 18.2 Å². The van der Waals surface area contributed by atoms with E-state index in [2.05, 4.69) is 20.1 Å². The van der Waals surface area contributed by atoms with Gasteiger partial charge < -0.3 is 14.6 Å². The Morgan fingerprint density at radius 3 is 2.57 bits per heavy atom. The second-order valence-electron chi connectivity index (χ2n) is 5.76. The lowest BCUT2D eigenvalue weighted by molar-refractivity contribution is -0.116. The summed E-state index contributed by atoms with van der Waals surface area (Å²) in [6.07, 6.45) is 3.69. The predicted octanol–water partition coefficient (Wildman–Crippen LogP) is 1.82. The van der Waals surface area contributed by atoms with Crippen LogP contribution in [-0.2, 0) is 11.3 Å². The summed E-state index contributed by atoms with van der Waals surface area (Å²) in [6, 6.07) is 9.59. The molecule has 0 saturated carbocycles. The number of nitrogens with one attached hydrogen (secondary N) is 1. The molecule has 2 heterocycles. The molecule has 0 unspecified atom stereocenters. The van der Waals surface area contributed by atoms with Crippen molar-refractivity contribution in [2.75, 3.05) is 38.0 Å². The maximum atomic E-state index is 12.0. The second-order valence-corrected chi connectivity index (χ2v) is 5.76. The maximum absolute atomic E-state index is 12.0. The fourth-order valence-corrected chi connectivity index (χ4v) is 2.72. The van der Waals surface area contributed by atoms with Crippen LogP contribution in [0, 0.1) is 0 Å². The van der Waals surface area contributed by atoms with Crippen LogP contribution in [0.25, 0.3) is 0 Å². The average Bonchev–Trinajstić information content (AvgIpc) is 3.08. The molecular weight excluding hydrogens is 292 g/mol. The average molecular weight is 314 g/mol. The highest BCUT2D eigenvalue weighted by atomic mass is 16.3. The van der Waals surface area contributed by atoms with Gasteiger partial charge in [0, 0.05) is 51.4 Å². The second kappa shape index (κ2) is 7.89. The summed E-state index contributed by atoms with van der Waals surface area (Å²) < 4.78 is 5.00. The summed E-state index contributed by atoms with van der Waals surface area (Å²) in [4.78, 5) is 20.8. The van der Waals surface area contributed by atoms with Crippen molar-refractivity contribution in [3.63, 3.8) is 0 Å². The fraction of sp³-hybridized carbons (Fsp3) is 0.412. The lowest BCUT2D eigenvalue weighted by Gasteiger charge is -2.34. The fourth-order valence-electron chi connectivity index (χ4n) is 2.72. The van der Waals surface area contributed by atoms with E-state index in [4.69, 9.17) is 4.42 Å². The molecule has 1 aromatic heterocycles. The van der Waals surface area contributed by atoms with Gasteiger partial charge in [-0.05, 0) is 12.1 Å². The van der Waals surface area contributed by atoms with Crippen LogP contribution in [0.1, 0.15) is 12.1 Å². The number of amides is 1. The molecule has 2 aromatic rings. The summed E-state index contributed by atoms with van der Waals surface area (Å²) >= 11 is 0. The van der Waals surface area contributed by atoms with Crippen molar-refractivity contribution >= 4 is 11.6 Å². The van der Waals surface area contributed by atoms with Crippen molar-refractivity contribution < 1.29 is 9.21 Å². The molecule has 0 bridgehead atoms. The third kappa shape index (κ3) is 4.91. The maximum Gasteiger partial charge on any atom is 0.225 e. The molecule has 1 aromatic carbocycles. The first-order valence-electron chi connectivity index (χ1n) is 7.96. The number of para-hydroxylation sites is 1. The van der Waals surface area contributed by atoms with Crippen LogP contribution in [0.5, 0.6) is 0 Å². The Bertz CT molecular complexity index is 592. The quantitative estimate of drug-likeness (QED) is 0.881. The zero-order chi connectivity index (χ0) is 15.9. The first-order valence-corrected chi connectivity index (χ1v) is 7.96. The molecule has 3 rings (SSSR count). The van der Waals surface area contributed by atoms with Gasteiger partial charge in [-0.3, -0.25) is 9.69 Å². The minimum atomic E-state index is 0.0706. The van der Waals surface area contributed by atoms with Gasteiger partial charge in [0.25, 0.3) is 0 Å². The number of carbonyl (C=O) groups excluding carboxylic acids is 1. The van der Waals surface area contributed by atoms with E-state index in [0.717, 1.165) is 50.6 Å². The van der Waals surface area contributed by atoms with E-state index in [0.29, 0.717) is 6.42 Å². The molecule has 6 heteroatoms. The van der Waals surface area contributed by atoms with Gasteiger partial charge in [-0.15, -0.1) is 0 Å². The highest BCUT2D eigenvalue weighted by Crippen LogP contribution is 2.09. The molecule has 1 N–H and O–H groups in total. The zero-order valence-corrected chi connectivity index (χ0v) is 13.1. The van der Waals surface area contributed by atoms with E-state index in [1.807, 2.05) is 30.3 Å². The number of hydrogen-bond donors (Lipinski definition) is 1. The van der Waals surface area contributed by atoms with Crippen molar-refractivity contribution in [1.29, 1.82) is 0 Å². The summed E-state index contributed by atoms with van der Waals surface area (Å²) in [5.74, 6) is 0.0706. The van der Waals surface area contributed by atoms with Crippen molar-refractivity contribution in [1.82, 2.24) is 14.8 Å². The van der Waals surface area contributed by atoms with Crippen LogP contribution in [-0.4, -0.2) is 53.4 Å². The summed E-state index contributed by atoms with van der Waals surface area (Å²) in [5.41, 5.74) is 1.83. The SMILES string of the molecule is O=C(CCN1CCN(Cc2cocn2)CC1)Nc1ccccc1. The highest BCUT2D eigenvalue weighted by Gasteiger charge is 2.18. The third-order valence-corrected chi connectivity index (χ3v) is 4.05. The van der Waals surface area contributed by atoms with Crippen LogP contribution in [0.15, 0.2) is 47.4 Å². The number of oxazole rings is 1. The van der Waals surface area contributed by atoms with Crippen molar-refractivity contribution in [3.8, 4) is 0 Å². The normalized spacial score (nSPS) is 16.3. The minimum Gasteiger partial charge on any atom is -0.451 e. The molecule has 6 nitrogen and oxygen atoms in total. The first-order chi connectivity index (χ1) is 11.3. The first kappa shape index (κ1) is 15.7. The van der Waals surface area contributed by atoms with Gasteiger partial charge in [0.05, 0.1) is 5.69 Å². The Hall–Kier alpha value is -2.18. The molecule has 1 fully saturated rings. The minimum absolute atomic E-state index is 0.0706. The topological polar surface area (TPSA) is 61.6 Å². The van der Waals surface area contributed by atoms with Gasteiger partial charge in [0.1, 0.15) is 6.26 Å². The molecule has 1 saturated heterocycles. The van der Waals surface area contributed by atoms with E-state index >= 15 is 0 Å². The van der Waals surface area contributed by atoms with Crippen molar-refractivity contribution in [3.05, 3.63) is 48.7 Å². The zero-order valence-electron chi connectivity index (χ0n) is 13.1. The number of piperazine rings is 1. The van der Waals surface area contributed by atoms with Crippen LogP contribution in [0.3, 0.4) is 0 Å². The van der Waals surface area contributed by atoms with E-state index in [-0.39, 0.29) is 5.91 Å². The van der Waals surface area contributed by atoms with Gasteiger partial charge in [-0.2, -0.15) is 0 Å². The number of benzene rings is 1. The molecule has 0 radical (unpaired) electrons. The smallest absolute Gasteiger partial charge is 0.225 e. The number of anilines is 1. The van der Waals surface area contributed by atoms with E-state index in [1.54, 1.807) is 6.26 Å². The Labute approximate surface area is 136 Å². The van der Waals surface area contributed by atoms with Crippen LogP contribution >= 0.6 is 0 Å². The Morgan fingerprint density at radius 2 is 1.87 bits per heavy atom. The van der Waals surface area contributed by atoms with Crippen molar-refractivity contribution in [2.24, 2.45) is 0 Å². The Balaban J connectivity index is 1.35. The molecule has 1 aliphatic heterocycles. The van der Waals surface area contributed by atoms with Crippen LogP contribution in [0.2, 0.25) is 0 Å². The lowest BCUT2D eigenvalue weighted by atomic mass is 10.2. The number of hydrogen-bond acceptors (Lipinski definition) is 5. The van der Waals surface area contributed by atoms with Crippen LogP contribution < -0.4 is 5.32 Å². The van der Waals surface area contributed by atoms with E-state index in [9.17, 15) is 4.79 Å². The number of nitrogens with zero attached hydrogens (tertiary/aromatic N) is 3. The molecule has 1 aliphatic rings. The van der Waals surface area contributed by atoms with Crippen LogP contribution in [0.4, 0.5) is 5.69 Å². The summed E-state index contributed by atoms with van der Waals surface area (Å²) in [6.45, 7) is 5.59. The predicted molar refractivity (Wildman–Crippen MR) is 87.9 cm³/mol.